The van der Waals surface area contributed by atoms with E-state index in [1.54, 1.807) is 23.9 Å². The maximum Gasteiger partial charge on any atom is 0.123 e. The van der Waals surface area contributed by atoms with Gasteiger partial charge in [-0.05, 0) is 73.1 Å². The van der Waals surface area contributed by atoms with Crippen LogP contribution in [0.25, 0.3) is 0 Å². The molecule has 2 fully saturated rings. The summed E-state index contributed by atoms with van der Waals surface area (Å²) >= 11 is 3.52. The molecular formula is C18H23N5S2. The first kappa shape index (κ1) is 17.0. The van der Waals surface area contributed by atoms with Crippen molar-refractivity contribution in [1.82, 2.24) is 14.0 Å². The predicted molar refractivity (Wildman–Crippen MR) is 107 cm³/mol. The van der Waals surface area contributed by atoms with E-state index in [4.69, 9.17) is 5.73 Å². The molecule has 2 heterocycles. The molecule has 5 nitrogen and oxygen atoms in total. The van der Waals surface area contributed by atoms with Crippen molar-refractivity contribution in [3.8, 4) is 0 Å². The number of nitrogen functional groups attached to an aromatic ring is 1. The highest BCUT2D eigenvalue weighted by Gasteiger charge is 2.21. The Kier molecular flexibility index (Phi) is 5.36. The number of pyridine rings is 1. The predicted octanol–water partition coefficient (Wildman–Crippen LogP) is 3.25. The van der Waals surface area contributed by atoms with Crippen LogP contribution in [0.2, 0.25) is 0 Å². The second-order valence-corrected chi connectivity index (χ2v) is 8.50. The van der Waals surface area contributed by atoms with Gasteiger partial charge < -0.3 is 10.6 Å². The van der Waals surface area contributed by atoms with Gasteiger partial charge in [0.1, 0.15) is 5.82 Å². The third-order valence-electron chi connectivity index (χ3n) is 4.36. The van der Waals surface area contributed by atoms with Crippen LogP contribution < -0.4 is 15.4 Å². The third-order valence-corrected chi connectivity index (χ3v) is 6.39. The molecule has 7 heteroatoms. The fraction of sp³-hybridized carbons (Fsp3) is 0.389. The van der Waals surface area contributed by atoms with E-state index in [-0.39, 0.29) is 0 Å². The van der Waals surface area contributed by atoms with E-state index in [1.807, 2.05) is 18.3 Å². The van der Waals surface area contributed by atoms with Gasteiger partial charge in [0.2, 0.25) is 0 Å². The van der Waals surface area contributed by atoms with E-state index in [9.17, 15) is 0 Å². The molecule has 0 unspecified atom stereocenters. The maximum atomic E-state index is 5.64. The Hall–Kier alpha value is -1.41. The van der Waals surface area contributed by atoms with Gasteiger partial charge in [-0.1, -0.05) is 0 Å². The second kappa shape index (κ2) is 7.86. The summed E-state index contributed by atoms with van der Waals surface area (Å²) in [6.07, 6.45) is 4.48. The van der Waals surface area contributed by atoms with Gasteiger partial charge >= 0.3 is 0 Å². The summed E-state index contributed by atoms with van der Waals surface area (Å²) in [5.41, 5.74) is 6.96. The van der Waals surface area contributed by atoms with E-state index in [0.717, 1.165) is 37.1 Å². The zero-order chi connectivity index (χ0) is 17.1. The smallest absolute Gasteiger partial charge is 0.123 e. The van der Waals surface area contributed by atoms with E-state index in [2.05, 4.69) is 43.2 Å². The van der Waals surface area contributed by atoms with Crippen molar-refractivity contribution in [3.63, 3.8) is 0 Å². The lowest BCUT2D eigenvalue weighted by molar-refractivity contribution is 0.429. The van der Waals surface area contributed by atoms with Crippen LogP contribution in [0.4, 0.5) is 11.5 Å². The van der Waals surface area contributed by atoms with Gasteiger partial charge in [-0.25, -0.2) is 9.29 Å². The molecule has 2 aromatic rings. The first-order valence-corrected chi connectivity index (χ1v) is 10.3. The summed E-state index contributed by atoms with van der Waals surface area (Å²) in [7, 11) is 0. The number of aromatic nitrogens is 1. The van der Waals surface area contributed by atoms with Gasteiger partial charge in [-0.2, -0.15) is 0 Å². The van der Waals surface area contributed by atoms with Crippen molar-refractivity contribution in [2.45, 2.75) is 28.7 Å². The van der Waals surface area contributed by atoms with Crippen molar-refractivity contribution in [1.29, 1.82) is 0 Å². The van der Waals surface area contributed by atoms with Crippen LogP contribution in [0.1, 0.15) is 12.8 Å². The Labute approximate surface area is 157 Å². The highest BCUT2D eigenvalue weighted by Crippen LogP contribution is 2.28. The van der Waals surface area contributed by atoms with E-state index in [0.29, 0.717) is 5.82 Å². The molecule has 1 aromatic heterocycles. The average molecular weight is 374 g/mol. The van der Waals surface area contributed by atoms with Crippen LogP contribution in [-0.2, 0) is 0 Å². The first-order valence-electron chi connectivity index (χ1n) is 8.68. The fourth-order valence-corrected chi connectivity index (χ4v) is 4.39. The van der Waals surface area contributed by atoms with Crippen LogP contribution in [0.3, 0.4) is 0 Å². The van der Waals surface area contributed by atoms with Crippen LogP contribution >= 0.6 is 23.9 Å². The molecule has 1 aliphatic heterocycles. The quantitative estimate of drug-likeness (QED) is 0.754. The molecule has 0 radical (unpaired) electrons. The van der Waals surface area contributed by atoms with Crippen LogP contribution in [0.5, 0.6) is 0 Å². The van der Waals surface area contributed by atoms with Gasteiger partial charge in [0.05, 0.1) is 0 Å². The molecule has 0 amide bonds. The molecule has 1 aromatic carbocycles. The Balaban J connectivity index is 1.26. The molecule has 0 spiro atoms. The molecule has 25 heavy (non-hydrogen) atoms. The van der Waals surface area contributed by atoms with Gasteiger partial charge in [0, 0.05) is 53.9 Å². The van der Waals surface area contributed by atoms with E-state index in [1.165, 1.54) is 23.4 Å². The Morgan fingerprint density at radius 2 is 1.68 bits per heavy atom. The summed E-state index contributed by atoms with van der Waals surface area (Å²) in [6, 6.07) is 13.5. The summed E-state index contributed by atoms with van der Waals surface area (Å²) < 4.78 is 5.88. The molecule has 0 atom stereocenters. The lowest BCUT2D eigenvalue weighted by Crippen LogP contribution is -2.43. The minimum atomic E-state index is 0.572. The number of anilines is 2. The van der Waals surface area contributed by atoms with Crippen LogP contribution in [-0.4, -0.2) is 41.5 Å². The maximum absolute atomic E-state index is 5.64. The molecule has 4 rings (SSSR count). The van der Waals surface area contributed by atoms with Crippen LogP contribution in [0, 0.1) is 0 Å². The molecule has 132 valence electrons. The number of hydrogen-bond donors (Lipinski definition) is 2. The first-order chi connectivity index (χ1) is 12.3. The topological polar surface area (TPSA) is 57.4 Å². The zero-order valence-electron chi connectivity index (χ0n) is 14.1. The number of piperazine rings is 1. The fourth-order valence-electron chi connectivity index (χ4n) is 2.71. The van der Waals surface area contributed by atoms with Crippen molar-refractivity contribution >= 4 is 35.4 Å². The number of rotatable bonds is 6. The van der Waals surface area contributed by atoms with Gasteiger partial charge in [0.25, 0.3) is 0 Å². The molecule has 1 saturated heterocycles. The van der Waals surface area contributed by atoms with Gasteiger partial charge in [-0.3, -0.25) is 4.72 Å². The van der Waals surface area contributed by atoms with Gasteiger partial charge in [0.15, 0.2) is 0 Å². The molecule has 0 bridgehead atoms. The van der Waals surface area contributed by atoms with Crippen molar-refractivity contribution in [2.75, 3.05) is 36.8 Å². The normalized spacial score (nSPS) is 18.5. The third kappa shape index (κ3) is 4.82. The number of benzene rings is 1. The van der Waals surface area contributed by atoms with Crippen molar-refractivity contribution < 1.29 is 0 Å². The Morgan fingerprint density at radius 1 is 0.960 bits per heavy atom. The summed E-state index contributed by atoms with van der Waals surface area (Å²) in [4.78, 5) is 9.06. The van der Waals surface area contributed by atoms with Crippen LogP contribution in [0.15, 0.2) is 52.4 Å². The monoisotopic (exact) mass is 373 g/mol. The lowest BCUT2D eigenvalue weighted by Gasteiger charge is -2.35. The standard InChI is InChI=1S/C18H23N5S2/c19-18-8-7-17(13-20-18)25-23-11-9-22(10-12-23)15-3-5-16(6-4-15)24-21-14-1-2-14/h3-8,13-14,21H,1-2,9-12H2,(H2,19,20). The zero-order valence-corrected chi connectivity index (χ0v) is 15.7. The largest absolute Gasteiger partial charge is 0.384 e. The molecule has 1 saturated carbocycles. The second-order valence-electron chi connectivity index (χ2n) is 6.41. The van der Waals surface area contributed by atoms with Crippen molar-refractivity contribution in [2.24, 2.45) is 0 Å². The summed E-state index contributed by atoms with van der Waals surface area (Å²) in [5.74, 6) is 0.572. The molecule has 2 aliphatic rings. The highest BCUT2D eigenvalue weighted by molar-refractivity contribution is 7.97. The van der Waals surface area contributed by atoms with Crippen molar-refractivity contribution in [3.05, 3.63) is 42.6 Å². The minimum absolute atomic E-state index is 0.572. The Morgan fingerprint density at radius 3 is 2.32 bits per heavy atom. The van der Waals surface area contributed by atoms with Gasteiger partial charge in [-0.15, -0.1) is 0 Å². The molecule has 1 aliphatic carbocycles. The number of nitrogens with one attached hydrogen (secondary N) is 1. The molecule has 3 N–H and O–H groups in total. The highest BCUT2D eigenvalue weighted by atomic mass is 32.2. The molecular weight excluding hydrogens is 350 g/mol. The SMILES string of the molecule is Nc1ccc(SN2CCN(c3ccc(SNC4CC4)cc3)CC2)cn1. The minimum Gasteiger partial charge on any atom is -0.384 e. The number of hydrogen-bond acceptors (Lipinski definition) is 7. The Bertz CT molecular complexity index is 680. The number of nitrogens with two attached hydrogens (primary N) is 1. The van der Waals surface area contributed by atoms with E-state index >= 15 is 0 Å². The summed E-state index contributed by atoms with van der Waals surface area (Å²) in [6.45, 7) is 4.16. The lowest BCUT2D eigenvalue weighted by atomic mass is 10.2. The number of nitrogens with zero attached hydrogens (tertiary/aromatic N) is 3. The summed E-state index contributed by atoms with van der Waals surface area (Å²) in [5, 5.41) is 0. The average Bonchev–Trinajstić information content (AvgIpc) is 3.48. The van der Waals surface area contributed by atoms with E-state index < -0.39 is 0 Å².